The van der Waals surface area contributed by atoms with E-state index in [-0.39, 0.29) is 11.8 Å². The molecule has 6 heteroatoms. The van der Waals surface area contributed by atoms with E-state index in [0.29, 0.717) is 18.3 Å². The Morgan fingerprint density at radius 1 is 1.33 bits per heavy atom. The van der Waals surface area contributed by atoms with Gasteiger partial charge in [0.2, 0.25) is 5.91 Å². The van der Waals surface area contributed by atoms with Crippen LogP contribution in [0.2, 0.25) is 0 Å². The van der Waals surface area contributed by atoms with E-state index >= 15 is 0 Å². The highest BCUT2D eigenvalue weighted by Crippen LogP contribution is 2.31. The third kappa shape index (κ3) is 2.49. The number of nitrogens with two attached hydrogens (primary N) is 2. The summed E-state index contributed by atoms with van der Waals surface area (Å²) in [6.45, 7) is 2.75. The van der Waals surface area contributed by atoms with Crippen LogP contribution in [0.15, 0.2) is 24.5 Å². The zero-order valence-electron chi connectivity index (χ0n) is 12.0. The maximum Gasteiger partial charge on any atom is 0.222 e. The monoisotopic (exact) mass is 285 g/mol. The molecule has 2 heterocycles. The molecule has 1 aromatic heterocycles. The molecule has 2 aromatic rings. The second kappa shape index (κ2) is 5.20. The predicted octanol–water partition coefficient (Wildman–Crippen LogP) is 1.30. The molecule has 21 heavy (non-hydrogen) atoms. The van der Waals surface area contributed by atoms with Crippen LogP contribution in [-0.2, 0) is 4.79 Å². The molecule has 0 radical (unpaired) electrons. The molecule has 0 bridgehead atoms. The molecule has 1 amide bonds. The number of anilines is 2. The van der Waals surface area contributed by atoms with Gasteiger partial charge >= 0.3 is 0 Å². The van der Waals surface area contributed by atoms with Crippen LogP contribution in [0.4, 0.5) is 11.5 Å². The number of rotatable bonds is 2. The first-order valence-electron chi connectivity index (χ1n) is 7.12. The average molecular weight is 285 g/mol. The fourth-order valence-electron chi connectivity index (χ4n) is 2.92. The van der Waals surface area contributed by atoms with E-state index in [2.05, 4.69) is 21.8 Å². The molecule has 6 nitrogen and oxygen atoms in total. The molecule has 1 saturated heterocycles. The zero-order valence-corrected chi connectivity index (χ0v) is 12.0. The van der Waals surface area contributed by atoms with Crippen LogP contribution in [0.5, 0.6) is 0 Å². The third-order valence-corrected chi connectivity index (χ3v) is 4.20. The largest absolute Gasteiger partial charge is 0.399 e. The summed E-state index contributed by atoms with van der Waals surface area (Å²) in [5.74, 6) is 0.480. The van der Waals surface area contributed by atoms with E-state index in [0.717, 1.165) is 29.6 Å². The van der Waals surface area contributed by atoms with Gasteiger partial charge in [-0.2, -0.15) is 0 Å². The summed E-state index contributed by atoms with van der Waals surface area (Å²) in [6.07, 6.45) is 3.30. The van der Waals surface area contributed by atoms with E-state index < -0.39 is 0 Å². The SMILES string of the molecule is CC1CCC(C(N)=O)CN1c1ncnc2cc(N)ccc12. The number of nitrogens with zero attached hydrogens (tertiary/aromatic N) is 3. The normalized spacial score (nSPS) is 22.4. The van der Waals surface area contributed by atoms with Gasteiger partial charge in [-0.1, -0.05) is 0 Å². The highest BCUT2D eigenvalue weighted by Gasteiger charge is 2.30. The molecule has 1 aliphatic heterocycles. The fourth-order valence-corrected chi connectivity index (χ4v) is 2.92. The van der Waals surface area contributed by atoms with Gasteiger partial charge in [-0.3, -0.25) is 4.79 Å². The number of carbonyl (C=O) groups excluding carboxylic acids is 1. The number of hydrogen-bond donors (Lipinski definition) is 2. The molecule has 1 fully saturated rings. The Morgan fingerprint density at radius 3 is 2.90 bits per heavy atom. The van der Waals surface area contributed by atoms with Crippen molar-refractivity contribution < 1.29 is 4.79 Å². The van der Waals surface area contributed by atoms with Crippen molar-refractivity contribution in [3.05, 3.63) is 24.5 Å². The first-order chi connectivity index (χ1) is 10.1. The summed E-state index contributed by atoms with van der Waals surface area (Å²) in [6, 6.07) is 5.92. The van der Waals surface area contributed by atoms with Crippen molar-refractivity contribution in [3.63, 3.8) is 0 Å². The number of piperidine rings is 1. The summed E-state index contributed by atoms with van der Waals surface area (Å²) >= 11 is 0. The lowest BCUT2D eigenvalue weighted by atomic mass is 9.92. The van der Waals surface area contributed by atoms with Crippen LogP contribution in [-0.4, -0.2) is 28.5 Å². The second-order valence-electron chi connectivity index (χ2n) is 5.65. The molecule has 0 aliphatic carbocycles. The number of carbonyl (C=O) groups is 1. The van der Waals surface area contributed by atoms with Crippen molar-refractivity contribution in [2.24, 2.45) is 11.7 Å². The lowest BCUT2D eigenvalue weighted by Crippen LogP contribution is -2.46. The minimum atomic E-state index is -0.241. The van der Waals surface area contributed by atoms with Gasteiger partial charge in [0.05, 0.1) is 11.4 Å². The molecule has 0 saturated carbocycles. The van der Waals surface area contributed by atoms with E-state index in [9.17, 15) is 4.79 Å². The second-order valence-corrected chi connectivity index (χ2v) is 5.65. The van der Waals surface area contributed by atoms with Crippen LogP contribution in [0.25, 0.3) is 10.9 Å². The van der Waals surface area contributed by atoms with E-state index in [4.69, 9.17) is 11.5 Å². The van der Waals surface area contributed by atoms with Gasteiger partial charge in [0.25, 0.3) is 0 Å². The molecule has 1 aromatic carbocycles. The van der Waals surface area contributed by atoms with Gasteiger partial charge in [-0.15, -0.1) is 0 Å². The van der Waals surface area contributed by atoms with Gasteiger partial charge in [-0.25, -0.2) is 9.97 Å². The molecule has 0 spiro atoms. The maximum atomic E-state index is 11.5. The molecule has 2 unspecified atom stereocenters. The number of hydrogen-bond acceptors (Lipinski definition) is 5. The number of primary amides is 1. The van der Waals surface area contributed by atoms with Crippen molar-refractivity contribution in [2.75, 3.05) is 17.2 Å². The summed E-state index contributed by atoms with van der Waals surface area (Å²) in [4.78, 5) is 22.3. The molecule has 1 aliphatic rings. The number of fused-ring (bicyclic) bond motifs is 1. The third-order valence-electron chi connectivity index (χ3n) is 4.20. The van der Waals surface area contributed by atoms with Crippen LogP contribution in [0, 0.1) is 5.92 Å². The molecule has 3 rings (SSSR count). The van der Waals surface area contributed by atoms with E-state index in [1.54, 1.807) is 0 Å². The minimum Gasteiger partial charge on any atom is -0.399 e. The van der Waals surface area contributed by atoms with Gasteiger partial charge in [0.1, 0.15) is 12.1 Å². The summed E-state index contributed by atoms with van der Waals surface area (Å²) in [5.41, 5.74) is 12.8. The van der Waals surface area contributed by atoms with Crippen molar-refractivity contribution in [2.45, 2.75) is 25.8 Å². The van der Waals surface area contributed by atoms with Crippen LogP contribution < -0.4 is 16.4 Å². The Kier molecular flexibility index (Phi) is 3.37. The smallest absolute Gasteiger partial charge is 0.222 e. The van der Waals surface area contributed by atoms with Crippen molar-refractivity contribution in [1.82, 2.24) is 9.97 Å². The molecule has 4 N–H and O–H groups in total. The molecule has 2 atom stereocenters. The average Bonchev–Trinajstić information content (AvgIpc) is 2.46. The number of benzene rings is 1. The molecule has 110 valence electrons. The van der Waals surface area contributed by atoms with Gasteiger partial charge in [0, 0.05) is 23.7 Å². The lowest BCUT2D eigenvalue weighted by Gasteiger charge is -2.38. The standard InChI is InChI=1S/C15H19N5O/c1-9-2-3-10(14(17)21)7-20(9)15-12-5-4-11(16)6-13(12)18-8-19-15/h4-6,8-10H,2-3,7,16H2,1H3,(H2,17,21). The number of amides is 1. The molecular formula is C15H19N5O. The van der Waals surface area contributed by atoms with E-state index in [1.807, 2.05) is 18.2 Å². The van der Waals surface area contributed by atoms with E-state index in [1.165, 1.54) is 6.33 Å². The number of nitrogen functional groups attached to an aromatic ring is 1. The van der Waals surface area contributed by atoms with Crippen molar-refractivity contribution in [3.8, 4) is 0 Å². The first-order valence-corrected chi connectivity index (χ1v) is 7.12. The topological polar surface area (TPSA) is 98.1 Å². The van der Waals surface area contributed by atoms with Gasteiger partial charge in [-0.05, 0) is 38.0 Å². The van der Waals surface area contributed by atoms with Crippen LogP contribution in [0.1, 0.15) is 19.8 Å². The van der Waals surface area contributed by atoms with Crippen LogP contribution in [0.3, 0.4) is 0 Å². The van der Waals surface area contributed by atoms with Crippen LogP contribution >= 0.6 is 0 Å². The minimum absolute atomic E-state index is 0.125. The Morgan fingerprint density at radius 2 is 2.14 bits per heavy atom. The van der Waals surface area contributed by atoms with Gasteiger partial charge < -0.3 is 16.4 Å². The predicted molar refractivity (Wildman–Crippen MR) is 82.7 cm³/mol. The Hall–Kier alpha value is -2.37. The maximum absolute atomic E-state index is 11.5. The summed E-state index contributed by atoms with van der Waals surface area (Å²) in [5, 5.41) is 0.948. The van der Waals surface area contributed by atoms with Crippen molar-refractivity contribution >= 4 is 28.3 Å². The number of aromatic nitrogens is 2. The highest BCUT2D eigenvalue weighted by molar-refractivity contribution is 5.91. The first kappa shape index (κ1) is 13.6. The zero-order chi connectivity index (χ0) is 15.0. The Labute approximate surface area is 123 Å². The quantitative estimate of drug-likeness (QED) is 0.810. The van der Waals surface area contributed by atoms with Crippen molar-refractivity contribution in [1.29, 1.82) is 0 Å². The van der Waals surface area contributed by atoms with Gasteiger partial charge in [0.15, 0.2) is 0 Å². The Bertz CT molecular complexity index is 687. The fraction of sp³-hybridized carbons (Fsp3) is 0.400. The molecular weight excluding hydrogens is 266 g/mol. The Balaban J connectivity index is 2.04. The summed E-state index contributed by atoms with van der Waals surface area (Å²) < 4.78 is 0. The highest BCUT2D eigenvalue weighted by atomic mass is 16.1. The summed E-state index contributed by atoms with van der Waals surface area (Å²) in [7, 11) is 0. The lowest BCUT2D eigenvalue weighted by molar-refractivity contribution is -0.122.